The fourth-order valence-electron chi connectivity index (χ4n) is 8.03. The van der Waals surface area contributed by atoms with Crippen molar-refractivity contribution in [1.29, 1.82) is 5.26 Å². The predicted molar refractivity (Wildman–Crippen MR) is 173 cm³/mol. The molecule has 4 aromatic carbocycles. The molecule has 0 amide bonds. The molecule has 5 aromatic rings. The first-order valence-electron chi connectivity index (χ1n) is 15.5. The average Bonchev–Trinajstić information content (AvgIpc) is 3.04. The Labute approximate surface area is 254 Å². The number of rotatable bonds is 5. The number of fused-ring (bicyclic) bond motifs is 2. The molecule has 2 fully saturated rings. The van der Waals surface area contributed by atoms with Crippen LogP contribution in [0.2, 0.25) is 0 Å². The summed E-state index contributed by atoms with van der Waals surface area (Å²) in [6, 6.07) is 37.4. The summed E-state index contributed by atoms with van der Waals surface area (Å²) in [6.07, 6.45) is 6.71. The minimum absolute atomic E-state index is 0.312. The Balaban J connectivity index is 1.30. The zero-order valence-electron chi connectivity index (χ0n) is 24.9. The van der Waals surface area contributed by atoms with Gasteiger partial charge in [0.15, 0.2) is 17.5 Å². The quantitative estimate of drug-likeness (QED) is 0.215. The predicted octanol–water partition coefficient (Wildman–Crippen LogP) is 9.52. The average molecular weight is 561 g/mol. The third kappa shape index (κ3) is 5.37. The number of nitriles is 1. The maximum Gasteiger partial charge on any atom is 0.164 e. The summed E-state index contributed by atoms with van der Waals surface area (Å²) < 4.78 is 0. The van der Waals surface area contributed by atoms with Crippen molar-refractivity contribution in [3.63, 3.8) is 0 Å². The minimum atomic E-state index is 0.312. The molecule has 1 heterocycles. The van der Waals surface area contributed by atoms with E-state index in [0.717, 1.165) is 40.0 Å². The van der Waals surface area contributed by atoms with Gasteiger partial charge in [0.2, 0.25) is 0 Å². The molecule has 2 aliphatic rings. The van der Waals surface area contributed by atoms with E-state index >= 15 is 0 Å². The standard InChI is InChI=1S/C39H36N4/c1-26-20-29-21-27(2)23-39(22-26,24-29)33-18-16-30(17-19-33)34-10-6-7-11-35(34)38-42-36(31-8-4-3-5-9-31)41-37(43-38)32-14-12-28(25-40)13-15-32/h3-19,26-27,29H,20-24H2,1-2H3/t26-,27+,29-,39?. The molecule has 0 saturated heterocycles. The summed E-state index contributed by atoms with van der Waals surface area (Å²) in [5, 5.41) is 9.29. The molecule has 2 bridgehead atoms. The molecule has 43 heavy (non-hydrogen) atoms. The summed E-state index contributed by atoms with van der Waals surface area (Å²) in [5.74, 6) is 4.29. The lowest BCUT2D eigenvalue weighted by molar-refractivity contribution is 0.0780. The van der Waals surface area contributed by atoms with E-state index in [1.54, 1.807) is 12.1 Å². The molecular weight excluding hydrogens is 524 g/mol. The molecule has 4 nitrogen and oxygen atoms in total. The van der Waals surface area contributed by atoms with Crippen LogP contribution in [0.25, 0.3) is 45.3 Å². The number of aromatic nitrogens is 3. The van der Waals surface area contributed by atoms with Crippen molar-refractivity contribution in [2.75, 3.05) is 0 Å². The third-order valence-corrected chi connectivity index (χ3v) is 9.55. The van der Waals surface area contributed by atoms with Gasteiger partial charge in [0.25, 0.3) is 0 Å². The van der Waals surface area contributed by atoms with Crippen molar-refractivity contribution < 1.29 is 0 Å². The lowest BCUT2D eigenvalue weighted by atomic mass is 9.54. The van der Waals surface area contributed by atoms with Gasteiger partial charge in [-0.15, -0.1) is 0 Å². The van der Waals surface area contributed by atoms with Crippen LogP contribution in [-0.4, -0.2) is 15.0 Å². The maximum atomic E-state index is 9.29. The number of hydrogen-bond acceptors (Lipinski definition) is 4. The van der Waals surface area contributed by atoms with Gasteiger partial charge in [0.1, 0.15) is 0 Å². The largest absolute Gasteiger partial charge is 0.208 e. The van der Waals surface area contributed by atoms with Gasteiger partial charge < -0.3 is 0 Å². The Morgan fingerprint density at radius 3 is 1.74 bits per heavy atom. The van der Waals surface area contributed by atoms with E-state index in [1.165, 1.54) is 43.2 Å². The van der Waals surface area contributed by atoms with Crippen molar-refractivity contribution in [2.45, 2.75) is 51.4 Å². The highest BCUT2D eigenvalue weighted by Gasteiger charge is 2.45. The van der Waals surface area contributed by atoms with Gasteiger partial charge in [-0.25, -0.2) is 15.0 Å². The van der Waals surface area contributed by atoms with E-state index in [0.29, 0.717) is 28.5 Å². The highest BCUT2D eigenvalue weighted by molar-refractivity contribution is 5.82. The van der Waals surface area contributed by atoms with Crippen molar-refractivity contribution in [3.8, 4) is 51.4 Å². The van der Waals surface area contributed by atoms with Crippen molar-refractivity contribution in [2.24, 2.45) is 17.8 Å². The molecule has 1 aromatic heterocycles. The first kappa shape index (κ1) is 27.2. The molecule has 0 spiro atoms. The molecule has 0 radical (unpaired) electrons. The Hall–Kier alpha value is -4.62. The van der Waals surface area contributed by atoms with E-state index in [1.807, 2.05) is 48.5 Å². The van der Waals surface area contributed by atoms with Crippen LogP contribution in [0.4, 0.5) is 0 Å². The Morgan fingerprint density at radius 2 is 1.12 bits per heavy atom. The minimum Gasteiger partial charge on any atom is -0.208 e. The van der Waals surface area contributed by atoms with Crippen LogP contribution in [0, 0.1) is 29.1 Å². The number of hydrogen-bond donors (Lipinski definition) is 0. The Bertz CT molecular complexity index is 1770. The number of benzene rings is 4. The lowest BCUT2D eigenvalue weighted by Crippen LogP contribution is -2.42. The molecule has 0 N–H and O–H groups in total. The first-order valence-corrected chi connectivity index (χ1v) is 15.5. The van der Waals surface area contributed by atoms with E-state index < -0.39 is 0 Å². The van der Waals surface area contributed by atoms with Gasteiger partial charge in [-0.2, -0.15) is 5.26 Å². The fraction of sp³-hybridized carbons (Fsp3) is 0.282. The molecule has 0 aliphatic heterocycles. The van der Waals surface area contributed by atoms with Gasteiger partial charge in [-0.1, -0.05) is 92.7 Å². The number of nitrogens with zero attached hydrogens (tertiary/aromatic N) is 4. The van der Waals surface area contributed by atoms with Crippen LogP contribution in [0.15, 0.2) is 103 Å². The maximum absolute atomic E-state index is 9.29. The van der Waals surface area contributed by atoms with E-state index in [-0.39, 0.29) is 0 Å². The van der Waals surface area contributed by atoms with Crippen molar-refractivity contribution >= 4 is 0 Å². The molecule has 1 unspecified atom stereocenters. The molecular formula is C39H36N4. The summed E-state index contributed by atoms with van der Waals surface area (Å²) >= 11 is 0. The monoisotopic (exact) mass is 560 g/mol. The second kappa shape index (κ2) is 11.2. The van der Waals surface area contributed by atoms with Gasteiger partial charge in [-0.05, 0) is 96.2 Å². The fourth-order valence-corrected chi connectivity index (χ4v) is 8.03. The van der Waals surface area contributed by atoms with E-state index in [9.17, 15) is 5.26 Å². The summed E-state index contributed by atoms with van der Waals surface area (Å²) in [5.41, 5.74) is 7.46. The van der Waals surface area contributed by atoms with Gasteiger partial charge in [0, 0.05) is 16.7 Å². The SMILES string of the molecule is C[C@@H]1C[C@@H]2C[C@H](C)CC(c3ccc(-c4ccccc4-c4nc(-c5ccccc5)nc(-c5ccc(C#N)cc5)n4)cc3)(C1)C2. The molecule has 212 valence electrons. The van der Waals surface area contributed by atoms with Crippen LogP contribution < -0.4 is 0 Å². The van der Waals surface area contributed by atoms with E-state index in [4.69, 9.17) is 15.0 Å². The molecule has 2 saturated carbocycles. The summed E-state index contributed by atoms with van der Waals surface area (Å²) in [4.78, 5) is 14.8. The van der Waals surface area contributed by atoms with Gasteiger partial charge >= 0.3 is 0 Å². The second-order valence-corrected chi connectivity index (χ2v) is 12.9. The topological polar surface area (TPSA) is 62.5 Å². The van der Waals surface area contributed by atoms with Crippen LogP contribution >= 0.6 is 0 Å². The van der Waals surface area contributed by atoms with Crippen LogP contribution in [0.5, 0.6) is 0 Å². The highest BCUT2D eigenvalue weighted by Crippen LogP contribution is 2.54. The van der Waals surface area contributed by atoms with Crippen molar-refractivity contribution in [3.05, 3.63) is 114 Å². The van der Waals surface area contributed by atoms with Crippen LogP contribution in [-0.2, 0) is 5.41 Å². The van der Waals surface area contributed by atoms with E-state index in [2.05, 4.69) is 62.4 Å². The molecule has 4 heteroatoms. The van der Waals surface area contributed by atoms with Crippen LogP contribution in [0.1, 0.15) is 57.1 Å². The Kier molecular flexibility index (Phi) is 7.11. The van der Waals surface area contributed by atoms with Crippen LogP contribution in [0.3, 0.4) is 0 Å². The lowest BCUT2D eigenvalue weighted by Gasteiger charge is -2.50. The summed E-state index contributed by atoms with van der Waals surface area (Å²) in [7, 11) is 0. The van der Waals surface area contributed by atoms with Gasteiger partial charge in [0.05, 0.1) is 11.6 Å². The second-order valence-electron chi connectivity index (χ2n) is 12.9. The molecule has 2 aliphatic carbocycles. The summed E-state index contributed by atoms with van der Waals surface area (Å²) in [6.45, 7) is 4.90. The smallest absolute Gasteiger partial charge is 0.164 e. The zero-order chi connectivity index (χ0) is 29.4. The molecule has 7 rings (SSSR count). The normalized spacial score (nSPS) is 23.0. The molecule has 4 atom stereocenters. The van der Waals surface area contributed by atoms with Gasteiger partial charge in [-0.3, -0.25) is 0 Å². The zero-order valence-corrected chi connectivity index (χ0v) is 24.9. The highest BCUT2D eigenvalue weighted by atomic mass is 15.0. The third-order valence-electron chi connectivity index (χ3n) is 9.55. The Morgan fingerprint density at radius 1 is 0.581 bits per heavy atom. The van der Waals surface area contributed by atoms with Crippen molar-refractivity contribution in [1.82, 2.24) is 15.0 Å². The first-order chi connectivity index (χ1) is 21.0.